The zero-order valence-corrected chi connectivity index (χ0v) is 12.7. The molecule has 1 aliphatic rings. The van der Waals surface area contributed by atoms with Crippen LogP contribution in [0.2, 0.25) is 0 Å². The van der Waals surface area contributed by atoms with E-state index in [2.05, 4.69) is 67.3 Å². The highest BCUT2D eigenvalue weighted by Crippen LogP contribution is 2.17. The second-order valence-electron chi connectivity index (χ2n) is 5.88. The molecule has 0 amide bonds. The van der Waals surface area contributed by atoms with Gasteiger partial charge in [-0.25, -0.2) is 0 Å². The van der Waals surface area contributed by atoms with E-state index >= 15 is 0 Å². The molecule has 2 atom stereocenters. The molecular weight excluding hydrogens is 234 g/mol. The number of hydrogen-bond donors (Lipinski definition) is 1. The Bertz CT molecular complexity index is 405. The van der Waals surface area contributed by atoms with Crippen molar-refractivity contribution in [2.24, 2.45) is 0 Å². The molecule has 106 valence electrons. The SMILES string of the molecule is Cc1ccccc1C(C)NCC1CN(C)CCN1C. The standard InChI is InChI=1S/C16H27N3/c1-13-7-5-6-8-16(13)14(2)17-11-15-12-18(3)9-10-19(15)4/h5-8,14-15,17H,9-12H2,1-4H3. The molecule has 1 aromatic rings. The molecular formula is C16H27N3. The highest BCUT2D eigenvalue weighted by molar-refractivity contribution is 5.28. The Hall–Kier alpha value is -0.900. The van der Waals surface area contributed by atoms with Crippen molar-refractivity contribution in [1.29, 1.82) is 0 Å². The van der Waals surface area contributed by atoms with Gasteiger partial charge in [0.1, 0.15) is 0 Å². The minimum Gasteiger partial charge on any atom is -0.309 e. The summed E-state index contributed by atoms with van der Waals surface area (Å²) < 4.78 is 0. The number of rotatable bonds is 4. The molecule has 3 heteroatoms. The molecule has 2 rings (SSSR count). The van der Waals surface area contributed by atoms with E-state index in [1.54, 1.807) is 0 Å². The van der Waals surface area contributed by atoms with Gasteiger partial charge in [-0.15, -0.1) is 0 Å². The van der Waals surface area contributed by atoms with E-state index in [4.69, 9.17) is 0 Å². The minimum atomic E-state index is 0.418. The van der Waals surface area contributed by atoms with Crippen LogP contribution in [0.4, 0.5) is 0 Å². The summed E-state index contributed by atoms with van der Waals surface area (Å²) in [4.78, 5) is 4.89. The average molecular weight is 261 g/mol. The first-order valence-electron chi connectivity index (χ1n) is 7.25. The van der Waals surface area contributed by atoms with Crippen LogP contribution in [-0.4, -0.2) is 56.1 Å². The summed E-state index contributed by atoms with van der Waals surface area (Å²) in [5.41, 5.74) is 2.78. The van der Waals surface area contributed by atoms with Crippen molar-refractivity contribution in [2.45, 2.75) is 25.9 Å². The van der Waals surface area contributed by atoms with Gasteiger partial charge in [-0.3, -0.25) is 4.90 Å². The van der Waals surface area contributed by atoms with Gasteiger partial charge >= 0.3 is 0 Å². The molecule has 0 radical (unpaired) electrons. The quantitative estimate of drug-likeness (QED) is 0.893. The number of aryl methyl sites for hydroxylation is 1. The zero-order valence-electron chi connectivity index (χ0n) is 12.7. The summed E-state index contributed by atoms with van der Waals surface area (Å²) >= 11 is 0. The molecule has 19 heavy (non-hydrogen) atoms. The van der Waals surface area contributed by atoms with E-state index in [9.17, 15) is 0 Å². The van der Waals surface area contributed by atoms with Gasteiger partial charge in [-0.2, -0.15) is 0 Å². The summed E-state index contributed by atoms with van der Waals surface area (Å²) in [7, 11) is 4.45. The van der Waals surface area contributed by atoms with E-state index in [0.29, 0.717) is 12.1 Å². The zero-order chi connectivity index (χ0) is 13.8. The van der Waals surface area contributed by atoms with E-state index < -0.39 is 0 Å². The van der Waals surface area contributed by atoms with E-state index in [-0.39, 0.29) is 0 Å². The first-order valence-corrected chi connectivity index (χ1v) is 7.25. The van der Waals surface area contributed by atoms with Gasteiger partial charge in [0.25, 0.3) is 0 Å². The third kappa shape index (κ3) is 3.78. The number of benzene rings is 1. The fourth-order valence-electron chi connectivity index (χ4n) is 2.82. The smallest absolute Gasteiger partial charge is 0.0345 e. The molecule has 1 aromatic carbocycles. The molecule has 2 unspecified atom stereocenters. The Morgan fingerprint density at radius 3 is 2.74 bits per heavy atom. The van der Waals surface area contributed by atoms with Gasteiger partial charge < -0.3 is 10.2 Å². The molecule has 0 aliphatic carbocycles. The second-order valence-corrected chi connectivity index (χ2v) is 5.88. The average Bonchev–Trinajstić information content (AvgIpc) is 2.40. The molecule has 0 spiro atoms. The number of hydrogen-bond acceptors (Lipinski definition) is 3. The monoisotopic (exact) mass is 261 g/mol. The van der Waals surface area contributed by atoms with E-state index in [1.165, 1.54) is 24.2 Å². The van der Waals surface area contributed by atoms with E-state index in [1.807, 2.05) is 0 Å². The Kier molecular flexibility index (Phi) is 4.97. The number of likely N-dealkylation sites (N-methyl/N-ethyl adjacent to an activating group) is 2. The maximum Gasteiger partial charge on any atom is 0.0345 e. The predicted molar refractivity (Wildman–Crippen MR) is 81.5 cm³/mol. The molecule has 0 bridgehead atoms. The summed E-state index contributed by atoms with van der Waals surface area (Å²) in [5, 5.41) is 3.69. The topological polar surface area (TPSA) is 18.5 Å². The Morgan fingerprint density at radius 2 is 2.00 bits per heavy atom. The maximum atomic E-state index is 3.69. The summed E-state index contributed by atoms with van der Waals surface area (Å²) in [6.07, 6.45) is 0. The largest absolute Gasteiger partial charge is 0.309 e. The minimum absolute atomic E-state index is 0.418. The van der Waals surface area contributed by atoms with Gasteiger partial charge in [0, 0.05) is 38.3 Å². The number of nitrogens with one attached hydrogen (secondary N) is 1. The van der Waals surface area contributed by atoms with Crippen LogP contribution in [0.1, 0.15) is 24.1 Å². The van der Waals surface area contributed by atoms with Gasteiger partial charge in [0.2, 0.25) is 0 Å². The van der Waals surface area contributed by atoms with Crippen LogP contribution in [-0.2, 0) is 0 Å². The van der Waals surface area contributed by atoms with Crippen LogP contribution < -0.4 is 5.32 Å². The second kappa shape index (κ2) is 6.51. The van der Waals surface area contributed by atoms with Crippen molar-refractivity contribution in [1.82, 2.24) is 15.1 Å². The van der Waals surface area contributed by atoms with Crippen LogP contribution in [0.25, 0.3) is 0 Å². The van der Waals surface area contributed by atoms with Gasteiger partial charge in [-0.05, 0) is 39.1 Å². The lowest BCUT2D eigenvalue weighted by molar-refractivity contribution is 0.112. The Labute approximate surface area is 117 Å². The molecule has 1 heterocycles. The van der Waals surface area contributed by atoms with E-state index in [0.717, 1.165) is 13.1 Å². The van der Waals surface area contributed by atoms with Crippen molar-refractivity contribution in [3.05, 3.63) is 35.4 Å². The lowest BCUT2D eigenvalue weighted by Crippen LogP contribution is -2.53. The van der Waals surface area contributed by atoms with Crippen LogP contribution in [0.15, 0.2) is 24.3 Å². The van der Waals surface area contributed by atoms with Crippen LogP contribution >= 0.6 is 0 Å². The van der Waals surface area contributed by atoms with Gasteiger partial charge in [0.15, 0.2) is 0 Å². The summed E-state index contributed by atoms with van der Waals surface area (Å²) in [5.74, 6) is 0. The summed E-state index contributed by atoms with van der Waals surface area (Å²) in [6.45, 7) is 9.01. The van der Waals surface area contributed by atoms with Crippen molar-refractivity contribution >= 4 is 0 Å². The number of piperazine rings is 1. The van der Waals surface area contributed by atoms with Crippen molar-refractivity contribution < 1.29 is 0 Å². The van der Waals surface area contributed by atoms with Gasteiger partial charge in [0.05, 0.1) is 0 Å². The fourth-order valence-corrected chi connectivity index (χ4v) is 2.82. The van der Waals surface area contributed by atoms with Crippen molar-refractivity contribution in [3.8, 4) is 0 Å². The fraction of sp³-hybridized carbons (Fsp3) is 0.625. The van der Waals surface area contributed by atoms with Crippen LogP contribution in [0.5, 0.6) is 0 Å². The third-order valence-corrected chi connectivity index (χ3v) is 4.29. The lowest BCUT2D eigenvalue weighted by Gasteiger charge is -2.38. The number of nitrogens with zero attached hydrogens (tertiary/aromatic N) is 2. The first kappa shape index (κ1) is 14.5. The Morgan fingerprint density at radius 1 is 1.26 bits per heavy atom. The normalized spacial score (nSPS) is 23.5. The van der Waals surface area contributed by atoms with Crippen molar-refractivity contribution in [3.63, 3.8) is 0 Å². The highest BCUT2D eigenvalue weighted by atomic mass is 15.3. The predicted octanol–water partition coefficient (Wildman–Crippen LogP) is 1.89. The third-order valence-electron chi connectivity index (χ3n) is 4.29. The molecule has 1 saturated heterocycles. The lowest BCUT2D eigenvalue weighted by atomic mass is 10.0. The molecule has 1 fully saturated rings. The van der Waals surface area contributed by atoms with Gasteiger partial charge in [-0.1, -0.05) is 24.3 Å². The molecule has 0 saturated carbocycles. The first-order chi connectivity index (χ1) is 9.08. The van der Waals surface area contributed by atoms with Crippen LogP contribution in [0.3, 0.4) is 0 Å². The maximum absolute atomic E-state index is 3.69. The highest BCUT2D eigenvalue weighted by Gasteiger charge is 2.22. The molecule has 1 aliphatic heterocycles. The molecule has 3 nitrogen and oxygen atoms in total. The van der Waals surface area contributed by atoms with Crippen LogP contribution in [0, 0.1) is 6.92 Å². The summed E-state index contributed by atoms with van der Waals surface area (Å²) in [6, 6.07) is 9.68. The Balaban J connectivity index is 1.89. The van der Waals surface area contributed by atoms with Crippen molar-refractivity contribution in [2.75, 3.05) is 40.3 Å². The molecule has 0 aromatic heterocycles. The molecule has 1 N–H and O–H groups in total.